The van der Waals surface area contributed by atoms with Gasteiger partial charge in [0.2, 0.25) is 10.0 Å². The Morgan fingerprint density at radius 2 is 2.26 bits per heavy atom. The molecule has 9 heteroatoms. The molecule has 0 aliphatic carbocycles. The summed E-state index contributed by atoms with van der Waals surface area (Å²) >= 11 is 3.38. The third-order valence-electron chi connectivity index (χ3n) is 4.12. The quantitative estimate of drug-likeness (QED) is 0.851. The number of halogens is 1. The summed E-state index contributed by atoms with van der Waals surface area (Å²) in [7, 11) is -3.71. The lowest BCUT2D eigenvalue weighted by atomic mass is 10.1. The lowest BCUT2D eigenvalue weighted by Gasteiger charge is -2.23. The highest BCUT2D eigenvalue weighted by atomic mass is 79.9. The van der Waals surface area contributed by atoms with E-state index in [0.717, 1.165) is 29.4 Å². The minimum Gasteiger partial charge on any atom is -0.492 e. The molecule has 1 aromatic heterocycles. The minimum absolute atomic E-state index is 0.177. The third-order valence-corrected chi connectivity index (χ3v) is 6.06. The molecule has 0 saturated carbocycles. The van der Waals surface area contributed by atoms with E-state index in [0.29, 0.717) is 24.6 Å². The Morgan fingerprint density at radius 3 is 3.13 bits per heavy atom. The summed E-state index contributed by atoms with van der Waals surface area (Å²) in [5.74, 6) is 1.12. The first-order valence-corrected chi connectivity index (χ1v) is 9.67. The van der Waals surface area contributed by atoms with Crippen LogP contribution in [0, 0.1) is 0 Å². The van der Waals surface area contributed by atoms with Crippen LogP contribution in [0.3, 0.4) is 0 Å². The molecule has 23 heavy (non-hydrogen) atoms. The van der Waals surface area contributed by atoms with E-state index in [1.54, 1.807) is 10.7 Å². The second-order valence-electron chi connectivity index (χ2n) is 5.65. The molecule has 0 spiro atoms. The number of hydrogen-bond donors (Lipinski definition) is 1. The molecule has 0 unspecified atom stereocenters. The number of rotatable bonds is 3. The molecule has 1 aromatic carbocycles. The molecule has 1 N–H and O–H groups in total. The zero-order valence-corrected chi connectivity index (χ0v) is 14.6. The Morgan fingerprint density at radius 1 is 1.39 bits per heavy atom. The van der Waals surface area contributed by atoms with Gasteiger partial charge in [0.05, 0.1) is 12.6 Å². The predicted molar refractivity (Wildman–Crippen MR) is 85.7 cm³/mol. The van der Waals surface area contributed by atoms with Gasteiger partial charge in [0, 0.05) is 23.0 Å². The average molecular weight is 399 g/mol. The highest BCUT2D eigenvalue weighted by Crippen LogP contribution is 2.36. The summed E-state index contributed by atoms with van der Waals surface area (Å²) in [4.78, 5) is 4.37. The van der Waals surface area contributed by atoms with Crippen molar-refractivity contribution in [3.63, 3.8) is 0 Å². The van der Waals surface area contributed by atoms with Gasteiger partial charge in [0.15, 0.2) is 0 Å². The van der Waals surface area contributed by atoms with Gasteiger partial charge in [-0.2, -0.15) is 5.10 Å². The number of benzene rings is 1. The lowest BCUT2D eigenvalue weighted by Crippen LogP contribution is -2.33. The second-order valence-corrected chi connectivity index (χ2v) is 8.25. The largest absolute Gasteiger partial charge is 0.492 e. The van der Waals surface area contributed by atoms with Gasteiger partial charge in [-0.3, -0.25) is 0 Å². The number of aryl methyl sites for hydroxylation is 1. The van der Waals surface area contributed by atoms with Crippen LogP contribution in [0.15, 0.2) is 27.8 Å². The normalized spacial score (nSPS) is 20.0. The Bertz CT molecular complexity index is 865. The summed E-state index contributed by atoms with van der Waals surface area (Å²) < 4.78 is 36.5. The zero-order valence-electron chi connectivity index (χ0n) is 12.2. The molecule has 0 saturated heterocycles. The molecule has 0 fully saturated rings. The zero-order chi connectivity index (χ0) is 16.0. The fraction of sp³-hybridized carbons (Fsp3) is 0.429. The Balaban J connectivity index is 1.71. The first kappa shape index (κ1) is 15.1. The third kappa shape index (κ3) is 2.66. The summed E-state index contributed by atoms with van der Waals surface area (Å²) in [6, 6.07) is 3.12. The van der Waals surface area contributed by atoms with E-state index >= 15 is 0 Å². The van der Waals surface area contributed by atoms with Crippen LogP contribution in [0.1, 0.15) is 30.3 Å². The van der Waals surface area contributed by atoms with Crippen LogP contribution in [0.2, 0.25) is 0 Å². The molecule has 1 atom stereocenters. The molecular formula is C14H15BrN4O3S. The van der Waals surface area contributed by atoms with Crippen molar-refractivity contribution in [3.8, 4) is 5.75 Å². The summed E-state index contributed by atoms with van der Waals surface area (Å²) in [6.07, 6.45) is 3.74. The van der Waals surface area contributed by atoms with Gasteiger partial charge in [-0.1, -0.05) is 15.9 Å². The van der Waals surface area contributed by atoms with Gasteiger partial charge in [0.25, 0.3) is 0 Å². The molecule has 3 heterocycles. The molecule has 0 bridgehead atoms. The topological polar surface area (TPSA) is 86.1 Å². The van der Waals surface area contributed by atoms with Crippen molar-refractivity contribution >= 4 is 26.0 Å². The number of aromatic nitrogens is 3. The van der Waals surface area contributed by atoms with E-state index in [-0.39, 0.29) is 10.9 Å². The molecule has 0 radical (unpaired) electrons. The minimum atomic E-state index is -3.71. The number of fused-ring (bicyclic) bond motifs is 2. The fourth-order valence-corrected chi connectivity index (χ4v) is 5.18. The van der Waals surface area contributed by atoms with E-state index in [1.165, 1.54) is 6.33 Å². The van der Waals surface area contributed by atoms with Gasteiger partial charge in [-0.05, 0) is 25.0 Å². The van der Waals surface area contributed by atoms with Crippen LogP contribution in [0.4, 0.5) is 0 Å². The standard InChI is InChI=1S/C14H15BrN4O3S/c15-10-6-9-3-5-22-13(9)12(7-10)23(20,21)18-11-2-1-4-19-14(11)16-8-17-19/h6-8,11,18H,1-5H2/t11-/m0/s1. The van der Waals surface area contributed by atoms with Crippen molar-refractivity contribution in [2.75, 3.05) is 6.61 Å². The number of ether oxygens (including phenoxy) is 1. The molecule has 4 rings (SSSR count). The summed E-state index contributed by atoms with van der Waals surface area (Å²) in [5, 5.41) is 4.12. The molecule has 0 amide bonds. The summed E-state index contributed by atoms with van der Waals surface area (Å²) in [5.41, 5.74) is 0.909. The van der Waals surface area contributed by atoms with Crippen LogP contribution < -0.4 is 9.46 Å². The maximum absolute atomic E-state index is 12.9. The van der Waals surface area contributed by atoms with E-state index in [4.69, 9.17) is 4.74 Å². The first-order chi connectivity index (χ1) is 11.0. The molecule has 2 aliphatic heterocycles. The smallest absolute Gasteiger partial charge is 0.244 e. The molecule has 122 valence electrons. The van der Waals surface area contributed by atoms with Gasteiger partial charge in [-0.25, -0.2) is 22.8 Å². The van der Waals surface area contributed by atoms with Crippen LogP contribution >= 0.6 is 15.9 Å². The molecule has 2 aliphatic rings. The number of nitrogens with one attached hydrogen (secondary N) is 1. The Labute approximate surface area is 142 Å². The SMILES string of the molecule is O=S(=O)(N[C@H]1CCCn2ncnc21)c1cc(Br)cc2c1OCC2. The van der Waals surface area contributed by atoms with Crippen molar-refractivity contribution in [1.82, 2.24) is 19.5 Å². The average Bonchev–Trinajstić information content (AvgIpc) is 3.14. The van der Waals surface area contributed by atoms with Crippen molar-refractivity contribution in [2.24, 2.45) is 0 Å². The number of hydrogen-bond acceptors (Lipinski definition) is 5. The maximum Gasteiger partial charge on any atom is 0.244 e. The molecule has 7 nitrogen and oxygen atoms in total. The highest BCUT2D eigenvalue weighted by Gasteiger charge is 2.31. The van der Waals surface area contributed by atoms with Crippen LogP contribution in [0.5, 0.6) is 5.75 Å². The fourth-order valence-electron chi connectivity index (χ4n) is 3.09. The van der Waals surface area contributed by atoms with Gasteiger partial charge >= 0.3 is 0 Å². The van der Waals surface area contributed by atoms with Crippen LogP contribution in [0.25, 0.3) is 0 Å². The van der Waals surface area contributed by atoms with Crippen molar-refractivity contribution in [2.45, 2.75) is 36.7 Å². The first-order valence-electron chi connectivity index (χ1n) is 7.40. The number of sulfonamides is 1. The van der Waals surface area contributed by atoms with Crippen molar-refractivity contribution in [1.29, 1.82) is 0 Å². The van der Waals surface area contributed by atoms with E-state index in [2.05, 4.69) is 30.7 Å². The van der Waals surface area contributed by atoms with E-state index < -0.39 is 10.0 Å². The van der Waals surface area contributed by atoms with Crippen molar-refractivity contribution in [3.05, 3.63) is 34.3 Å². The Kier molecular flexibility index (Phi) is 3.66. The second kappa shape index (κ2) is 5.57. The van der Waals surface area contributed by atoms with Crippen LogP contribution in [-0.4, -0.2) is 29.8 Å². The van der Waals surface area contributed by atoms with E-state index in [9.17, 15) is 8.42 Å². The molecular weight excluding hydrogens is 384 g/mol. The predicted octanol–water partition coefficient (Wildman–Crippen LogP) is 1.79. The van der Waals surface area contributed by atoms with E-state index in [1.807, 2.05) is 6.07 Å². The highest BCUT2D eigenvalue weighted by molar-refractivity contribution is 9.10. The summed E-state index contributed by atoms with van der Waals surface area (Å²) in [6.45, 7) is 1.27. The lowest BCUT2D eigenvalue weighted by molar-refractivity contribution is 0.347. The van der Waals surface area contributed by atoms with Crippen molar-refractivity contribution < 1.29 is 13.2 Å². The monoisotopic (exact) mass is 398 g/mol. The maximum atomic E-state index is 12.9. The molecule has 2 aromatic rings. The van der Waals surface area contributed by atoms with Crippen LogP contribution in [-0.2, 0) is 23.0 Å². The van der Waals surface area contributed by atoms with Gasteiger partial charge in [-0.15, -0.1) is 0 Å². The Hall–Kier alpha value is -1.45. The van der Waals surface area contributed by atoms with Gasteiger partial charge in [0.1, 0.15) is 22.8 Å². The number of nitrogens with zero attached hydrogens (tertiary/aromatic N) is 3. The van der Waals surface area contributed by atoms with Gasteiger partial charge < -0.3 is 4.74 Å².